The van der Waals surface area contributed by atoms with Gasteiger partial charge in [-0.05, 0) is 69.0 Å². The van der Waals surface area contributed by atoms with Crippen LogP contribution < -0.4 is 9.64 Å². The van der Waals surface area contributed by atoms with E-state index in [0.29, 0.717) is 11.6 Å². The Kier molecular flexibility index (Phi) is 5.45. The van der Waals surface area contributed by atoms with Gasteiger partial charge in [0.05, 0.1) is 18.4 Å². The molecule has 1 atom stereocenters. The number of hydrogen-bond acceptors (Lipinski definition) is 4. The number of rotatable bonds is 5. The Balaban J connectivity index is 1.98. The van der Waals surface area contributed by atoms with Crippen LogP contribution in [0.2, 0.25) is 0 Å². The predicted molar refractivity (Wildman–Crippen MR) is 114 cm³/mol. The molecule has 0 amide bonds. The molecule has 5 nitrogen and oxygen atoms in total. The topological polar surface area (TPSA) is 62.1 Å². The van der Waals surface area contributed by atoms with Gasteiger partial charge in [-0.1, -0.05) is 6.92 Å². The maximum Gasteiger partial charge on any atom is 0.335 e. The first kappa shape index (κ1) is 19.9. The van der Waals surface area contributed by atoms with Gasteiger partial charge in [-0.15, -0.1) is 0 Å². The molecule has 0 aromatic heterocycles. The van der Waals surface area contributed by atoms with E-state index in [4.69, 9.17) is 9.84 Å². The molecule has 0 fully saturated rings. The number of carboxylic acids is 1. The van der Waals surface area contributed by atoms with Gasteiger partial charge >= 0.3 is 5.97 Å². The number of aromatic carboxylic acids is 1. The SMILES string of the molecule is CCN1c2cc(OC)c(C=Nc3ccc(C(=O)O)cc3)cc2C(C)CC1(C)C. The van der Waals surface area contributed by atoms with Crippen LogP contribution in [0.15, 0.2) is 41.4 Å². The van der Waals surface area contributed by atoms with E-state index < -0.39 is 5.97 Å². The van der Waals surface area contributed by atoms with Gasteiger partial charge in [0.2, 0.25) is 0 Å². The molecule has 3 rings (SSSR count). The normalized spacial score (nSPS) is 18.2. The largest absolute Gasteiger partial charge is 0.496 e. The van der Waals surface area contributed by atoms with Gasteiger partial charge in [0.25, 0.3) is 0 Å². The highest BCUT2D eigenvalue weighted by molar-refractivity contribution is 5.89. The van der Waals surface area contributed by atoms with Gasteiger partial charge in [0, 0.05) is 35.6 Å². The van der Waals surface area contributed by atoms with Crippen molar-refractivity contribution in [1.29, 1.82) is 0 Å². The molecule has 0 aliphatic carbocycles. The van der Waals surface area contributed by atoms with Gasteiger partial charge in [0.1, 0.15) is 5.75 Å². The Morgan fingerprint density at radius 1 is 1.32 bits per heavy atom. The molecule has 1 unspecified atom stereocenters. The Morgan fingerprint density at radius 3 is 2.57 bits per heavy atom. The van der Waals surface area contributed by atoms with Crippen LogP contribution in [-0.2, 0) is 0 Å². The highest BCUT2D eigenvalue weighted by Gasteiger charge is 2.36. The fraction of sp³-hybridized carbons (Fsp3) is 0.391. The summed E-state index contributed by atoms with van der Waals surface area (Å²) in [6.45, 7) is 9.98. The zero-order chi connectivity index (χ0) is 20.5. The number of carboxylic acid groups (broad SMARTS) is 1. The molecule has 2 aromatic rings. The van der Waals surface area contributed by atoms with Crippen LogP contribution in [0.4, 0.5) is 11.4 Å². The Hall–Kier alpha value is -2.82. The number of methoxy groups -OCH3 is 1. The molecule has 1 aliphatic rings. The average molecular weight is 380 g/mol. The highest BCUT2D eigenvalue weighted by Crippen LogP contribution is 2.45. The molecule has 0 spiro atoms. The van der Waals surface area contributed by atoms with Crippen LogP contribution in [0.1, 0.15) is 61.5 Å². The van der Waals surface area contributed by atoms with Gasteiger partial charge in [0.15, 0.2) is 0 Å². The zero-order valence-electron chi connectivity index (χ0n) is 17.2. The molecule has 5 heteroatoms. The van der Waals surface area contributed by atoms with Crippen molar-refractivity contribution in [1.82, 2.24) is 0 Å². The second-order valence-corrected chi connectivity index (χ2v) is 7.93. The number of benzene rings is 2. The number of carbonyl (C=O) groups is 1. The average Bonchev–Trinajstić information content (AvgIpc) is 2.65. The van der Waals surface area contributed by atoms with Gasteiger partial charge in [-0.3, -0.25) is 4.99 Å². The smallest absolute Gasteiger partial charge is 0.335 e. The molecule has 2 aromatic carbocycles. The van der Waals surface area contributed by atoms with Crippen molar-refractivity contribution in [2.75, 3.05) is 18.6 Å². The molecule has 1 heterocycles. The summed E-state index contributed by atoms with van der Waals surface area (Å²) in [7, 11) is 1.68. The zero-order valence-corrected chi connectivity index (χ0v) is 17.2. The van der Waals surface area contributed by atoms with E-state index in [9.17, 15) is 4.79 Å². The van der Waals surface area contributed by atoms with Crippen molar-refractivity contribution < 1.29 is 14.6 Å². The van der Waals surface area contributed by atoms with E-state index in [1.807, 2.05) is 0 Å². The number of fused-ring (bicyclic) bond motifs is 1. The van der Waals surface area contributed by atoms with Crippen LogP contribution in [0, 0.1) is 0 Å². The fourth-order valence-electron chi connectivity index (χ4n) is 4.24. The summed E-state index contributed by atoms with van der Waals surface area (Å²) in [6.07, 6.45) is 2.88. The first-order valence-corrected chi connectivity index (χ1v) is 9.64. The minimum atomic E-state index is -0.940. The van der Waals surface area contributed by atoms with Crippen LogP contribution in [0.25, 0.3) is 0 Å². The third-order valence-electron chi connectivity index (χ3n) is 5.52. The lowest BCUT2D eigenvalue weighted by Crippen LogP contribution is -2.48. The minimum absolute atomic E-state index is 0.105. The summed E-state index contributed by atoms with van der Waals surface area (Å²) >= 11 is 0. The third-order valence-corrected chi connectivity index (χ3v) is 5.52. The molecular formula is C23H28N2O3. The van der Waals surface area contributed by atoms with Crippen molar-refractivity contribution in [3.63, 3.8) is 0 Å². The Labute approximate surface area is 166 Å². The lowest BCUT2D eigenvalue weighted by atomic mass is 9.79. The van der Waals surface area contributed by atoms with E-state index >= 15 is 0 Å². The summed E-state index contributed by atoms with van der Waals surface area (Å²) in [6, 6.07) is 10.8. The Morgan fingerprint density at radius 2 is 2.00 bits per heavy atom. The van der Waals surface area contributed by atoms with Crippen molar-refractivity contribution in [2.24, 2.45) is 4.99 Å². The van der Waals surface area contributed by atoms with Crippen molar-refractivity contribution in [2.45, 2.75) is 45.6 Å². The van der Waals surface area contributed by atoms with Crippen molar-refractivity contribution >= 4 is 23.6 Å². The number of nitrogens with zero attached hydrogens (tertiary/aromatic N) is 2. The first-order valence-electron chi connectivity index (χ1n) is 9.64. The molecule has 0 bridgehead atoms. The van der Waals surface area contributed by atoms with Crippen LogP contribution in [0.5, 0.6) is 5.75 Å². The molecule has 1 aliphatic heterocycles. The van der Waals surface area contributed by atoms with E-state index in [2.05, 4.69) is 49.7 Å². The van der Waals surface area contributed by atoms with E-state index in [1.165, 1.54) is 11.3 Å². The maximum atomic E-state index is 11.0. The lowest BCUT2D eigenvalue weighted by molar-refractivity contribution is 0.0697. The molecule has 28 heavy (non-hydrogen) atoms. The molecule has 0 radical (unpaired) electrons. The summed E-state index contributed by atoms with van der Waals surface area (Å²) in [5.41, 5.74) is 4.52. The summed E-state index contributed by atoms with van der Waals surface area (Å²) in [5.74, 6) is 0.290. The molecular weight excluding hydrogens is 352 g/mol. The van der Waals surface area contributed by atoms with Crippen LogP contribution in [-0.4, -0.2) is 36.5 Å². The second kappa shape index (κ2) is 7.66. The highest BCUT2D eigenvalue weighted by atomic mass is 16.5. The predicted octanol–water partition coefficient (Wildman–Crippen LogP) is 5.26. The number of anilines is 1. The summed E-state index contributed by atoms with van der Waals surface area (Å²) < 4.78 is 5.65. The van der Waals surface area contributed by atoms with Crippen LogP contribution in [0.3, 0.4) is 0 Å². The van der Waals surface area contributed by atoms with Gasteiger partial charge in [-0.2, -0.15) is 0 Å². The maximum absolute atomic E-state index is 11.0. The van der Waals surface area contributed by atoms with E-state index in [0.717, 1.165) is 24.3 Å². The fourth-order valence-corrected chi connectivity index (χ4v) is 4.24. The molecule has 0 saturated heterocycles. The van der Waals surface area contributed by atoms with Gasteiger partial charge in [-0.25, -0.2) is 4.79 Å². The molecule has 148 valence electrons. The molecule has 1 N–H and O–H groups in total. The standard InChI is InChI=1S/C23H28N2O3/c1-6-25-20-12-21(28-5)17(11-19(20)15(2)13-23(25,3)4)14-24-18-9-7-16(8-10-18)22(26)27/h7-12,14-15H,6,13H2,1-5H3,(H,26,27). The monoisotopic (exact) mass is 380 g/mol. The van der Waals surface area contributed by atoms with Gasteiger partial charge < -0.3 is 14.7 Å². The van der Waals surface area contributed by atoms with Crippen LogP contribution >= 0.6 is 0 Å². The minimum Gasteiger partial charge on any atom is -0.496 e. The summed E-state index contributed by atoms with van der Waals surface area (Å²) in [5, 5.41) is 9.01. The van der Waals surface area contributed by atoms with Crippen molar-refractivity contribution in [3.8, 4) is 5.75 Å². The van der Waals surface area contributed by atoms with E-state index in [1.54, 1.807) is 37.6 Å². The van der Waals surface area contributed by atoms with E-state index in [-0.39, 0.29) is 11.1 Å². The second-order valence-electron chi connectivity index (χ2n) is 7.93. The number of aliphatic imine (C=N–C) groups is 1. The first-order chi connectivity index (χ1) is 13.3. The number of hydrogen-bond donors (Lipinski definition) is 1. The molecule has 0 saturated carbocycles. The Bertz CT molecular complexity index is 901. The third kappa shape index (κ3) is 3.75. The quantitative estimate of drug-likeness (QED) is 0.719. The van der Waals surface area contributed by atoms with Crippen molar-refractivity contribution in [3.05, 3.63) is 53.1 Å². The summed E-state index contributed by atoms with van der Waals surface area (Å²) in [4.78, 5) is 17.9. The number of ether oxygens (including phenoxy) is 1. The lowest BCUT2D eigenvalue weighted by Gasteiger charge is -2.47.